The van der Waals surface area contributed by atoms with E-state index >= 15 is 0 Å². The van der Waals surface area contributed by atoms with E-state index in [0.29, 0.717) is 19.4 Å². The number of hydrogen-bond acceptors (Lipinski definition) is 4. The summed E-state index contributed by atoms with van der Waals surface area (Å²) in [6.45, 7) is 2.52. The van der Waals surface area contributed by atoms with Gasteiger partial charge in [0.1, 0.15) is 5.88 Å². The lowest BCUT2D eigenvalue weighted by atomic mass is 10.5. The van der Waals surface area contributed by atoms with Crippen LogP contribution in [0.2, 0.25) is 0 Å². The van der Waals surface area contributed by atoms with Gasteiger partial charge in [0.2, 0.25) is 12.8 Å². The van der Waals surface area contributed by atoms with Crippen molar-refractivity contribution in [3.8, 4) is 0 Å². The van der Waals surface area contributed by atoms with Crippen molar-refractivity contribution >= 4 is 22.9 Å². The summed E-state index contributed by atoms with van der Waals surface area (Å²) >= 11 is 0. The number of carbonyl (C=O) groups is 2. The lowest BCUT2D eigenvalue weighted by Crippen LogP contribution is -2.36. The predicted molar refractivity (Wildman–Crippen MR) is 52.5 cm³/mol. The molecule has 0 aromatic heterocycles. The molecule has 0 aromatic rings. The zero-order chi connectivity index (χ0) is 11.9. The van der Waals surface area contributed by atoms with E-state index < -0.39 is 16.0 Å². The molecule has 0 saturated heterocycles. The van der Waals surface area contributed by atoms with Crippen LogP contribution in [0.25, 0.3) is 0 Å². The van der Waals surface area contributed by atoms with Crippen molar-refractivity contribution in [2.75, 3.05) is 25.5 Å². The van der Waals surface area contributed by atoms with Gasteiger partial charge in [-0.3, -0.25) is 14.1 Å². The molecule has 1 N–H and O–H groups in total. The Balaban J connectivity index is 4.11. The molecule has 15 heavy (non-hydrogen) atoms. The normalized spacial score (nSPS) is 10.8. The van der Waals surface area contributed by atoms with Gasteiger partial charge in [0.25, 0.3) is 10.1 Å². The van der Waals surface area contributed by atoms with E-state index in [0.717, 1.165) is 4.90 Å². The van der Waals surface area contributed by atoms with Crippen molar-refractivity contribution in [3.63, 3.8) is 0 Å². The molecule has 0 bridgehead atoms. The van der Waals surface area contributed by atoms with Crippen molar-refractivity contribution in [2.24, 2.45) is 0 Å². The highest BCUT2D eigenvalue weighted by molar-refractivity contribution is 7.85. The highest BCUT2D eigenvalue weighted by atomic mass is 32.2. The minimum atomic E-state index is -4.21. The summed E-state index contributed by atoms with van der Waals surface area (Å²) in [6, 6.07) is 0. The molecule has 0 radical (unpaired) electrons. The Hall–Kier alpha value is -1.15. The van der Waals surface area contributed by atoms with Crippen molar-refractivity contribution in [1.29, 1.82) is 0 Å². The summed E-state index contributed by atoms with van der Waals surface area (Å²) in [5.74, 6) is -0.757. The van der Waals surface area contributed by atoms with Gasteiger partial charge in [-0.1, -0.05) is 0 Å². The number of amides is 2. The summed E-state index contributed by atoms with van der Waals surface area (Å²) in [7, 11) is -4.21. The molecule has 0 heterocycles. The summed E-state index contributed by atoms with van der Waals surface area (Å²) in [4.78, 5) is 23.0. The van der Waals surface area contributed by atoms with Gasteiger partial charge in [0.05, 0.1) is 0 Å². The third kappa shape index (κ3) is 6.86. The maximum absolute atomic E-state index is 10.5. The van der Waals surface area contributed by atoms with Crippen LogP contribution in [0, 0.1) is 0 Å². The van der Waals surface area contributed by atoms with Crippen molar-refractivity contribution in [2.45, 2.75) is 6.92 Å². The third-order valence-electron chi connectivity index (χ3n) is 1.71. The van der Waals surface area contributed by atoms with E-state index in [1.807, 2.05) is 0 Å². The first kappa shape index (κ1) is 13.8. The van der Waals surface area contributed by atoms with Crippen LogP contribution in [0.3, 0.4) is 0 Å². The Morgan fingerprint density at radius 2 is 1.60 bits per heavy atom. The second-order valence-electron chi connectivity index (χ2n) is 2.86. The fourth-order valence-electron chi connectivity index (χ4n) is 0.899. The van der Waals surface area contributed by atoms with E-state index in [4.69, 9.17) is 4.55 Å². The fourth-order valence-corrected chi connectivity index (χ4v) is 1.51. The molecule has 0 aliphatic carbocycles. The number of carbonyl (C=O) groups excluding carboxylic acids is 2. The molecule has 2 amide bonds. The Bertz CT molecular complexity index is 303. The summed E-state index contributed by atoms with van der Waals surface area (Å²) in [5.41, 5.74) is 0. The average Bonchev–Trinajstić information content (AvgIpc) is 2.15. The van der Waals surface area contributed by atoms with E-state index in [-0.39, 0.29) is 13.1 Å². The molecule has 7 nitrogen and oxygen atoms in total. The standard InChI is InChI=1S/C7H14N2O5S/c1-2-8(5-10)3-4-9(6-11)7-15(12,13)14/h5-6H,2-4,7H2,1H3,(H,12,13,14). The Morgan fingerprint density at radius 3 is 1.93 bits per heavy atom. The largest absolute Gasteiger partial charge is 0.344 e. The molecule has 0 unspecified atom stereocenters. The van der Waals surface area contributed by atoms with Crippen LogP contribution in [0.4, 0.5) is 0 Å². The predicted octanol–water partition coefficient (Wildman–Crippen LogP) is -1.23. The summed E-state index contributed by atoms with van der Waals surface area (Å²) in [5, 5.41) is 0. The Labute approximate surface area is 88.4 Å². The van der Waals surface area contributed by atoms with Gasteiger partial charge in [0, 0.05) is 19.6 Å². The van der Waals surface area contributed by atoms with Crippen LogP contribution in [-0.2, 0) is 19.7 Å². The van der Waals surface area contributed by atoms with Gasteiger partial charge < -0.3 is 9.80 Å². The molecule has 8 heteroatoms. The van der Waals surface area contributed by atoms with Crippen LogP contribution in [0.1, 0.15) is 6.92 Å². The second kappa shape index (κ2) is 6.36. The van der Waals surface area contributed by atoms with Crippen LogP contribution < -0.4 is 0 Å². The number of hydrogen-bond donors (Lipinski definition) is 1. The lowest BCUT2D eigenvalue weighted by Gasteiger charge is -2.20. The van der Waals surface area contributed by atoms with Crippen molar-refractivity contribution in [3.05, 3.63) is 0 Å². The van der Waals surface area contributed by atoms with E-state index in [1.54, 1.807) is 6.92 Å². The van der Waals surface area contributed by atoms with E-state index in [1.165, 1.54) is 4.90 Å². The number of likely N-dealkylation sites (N-methyl/N-ethyl adjacent to an activating group) is 1. The lowest BCUT2D eigenvalue weighted by molar-refractivity contribution is -0.121. The molecule has 0 aliphatic rings. The first-order chi connectivity index (χ1) is 6.92. The highest BCUT2D eigenvalue weighted by Gasteiger charge is 2.12. The first-order valence-electron chi connectivity index (χ1n) is 4.26. The minimum Gasteiger partial charge on any atom is -0.344 e. The molecule has 0 fully saturated rings. The topological polar surface area (TPSA) is 95.0 Å². The highest BCUT2D eigenvalue weighted by Crippen LogP contribution is 1.91. The zero-order valence-electron chi connectivity index (χ0n) is 8.37. The fraction of sp³-hybridized carbons (Fsp3) is 0.714. The quantitative estimate of drug-likeness (QED) is 0.422. The molecular formula is C7H14N2O5S. The van der Waals surface area contributed by atoms with Crippen LogP contribution in [-0.4, -0.2) is 61.1 Å². The van der Waals surface area contributed by atoms with Gasteiger partial charge in [0.15, 0.2) is 0 Å². The molecule has 0 rings (SSSR count). The summed E-state index contributed by atoms with van der Waals surface area (Å²) < 4.78 is 29.4. The van der Waals surface area contributed by atoms with Gasteiger partial charge >= 0.3 is 0 Å². The first-order valence-corrected chi connectivity index (χ1v) is 5.87. The van der Waals surface area contributed by atoms with Crippen LogP contribution >= 0.6 is 0 Å². The summed E-state index contributed by atoms with van der Waals surface area (Å²) in [6.07, 6.45) is 0.919. The monoisotopic (exact) mass is 238 g/mol. The molecule has 0 aliphatic heterocycles. The van der Waals surface area contributed by atoms with E-state index in [2.05, 4.69) is 0 Å². The molecule has 0 aromatic carbocycles. The van der Waals surface area contributed by atoms with Gasteiger partial charge in [-0.2, -0.15) is 8.42 Å². The maximum Gasteiger partial charge on any atom is 0.283 e. The molecule has 0 atom stereocenters. The molecule has 0 spiro atoms. The Morgan fingerprint density at radius 1 is 1.13 bits per heavy atom. The van der Waals surface area contributed by atoms with Crippen molar-refractivity contribution < 1.29 is 22.6 Å². The minimum absolute atomic E-state index is 0.0653. The van der Waals surface area contributed by atoms with E-state index in [9.17, 15) is 18.0 Å². The zero-order valence-corrected chi connectivity index (χ0v) is 9.18. The second-order valence-corrected chi connectivity index (χ2v) is 4.28. The maximum atomic E-state index is 10.5. The third-order valence-corrected chi connectivity index (χ3v) is 2.37. The average molecular weight is 238 g/mol. The van der Waals surface area contributed by atoms with Gasteiger partial charge in [-0.25, -0.2) is 0 Å². The molecule has 0 saturated carbocycles. The molecular weight excluding hydrogens is 224 g/mol. The van der Waals surface area contributed by atoms with Gasteiger partial charge in [-0.15, -0.1) is 0 Å². The molecule has 88 valence electrons. The van der Waals surface area contributed by atoms with Crippen molar-refractivity contribution in [1.82, 2.24) is 9.80 Å². The van der Waals surface area contributed by atoms with Crippen LogP contribution in [0.5, 0.6) is 0 Å². The van der Waals surface area contributed by atoms with Crippen LogP contribution in [0.15, 0.2) is 0 Å². The van der Waals surface area contributed by atoms with Gasteiger partial charge in [-0.05, 0) is 6.92 Å². The Kier molecular flexibility index (Phi) is 5.87. The smallest absolute Gasteiger partial charge is 0.283 e. The number of rotatable bonds is 8. The SMILES string of the molecule is CCN(C=O)CCN(C=O)CS(=O)(=O)O. The number of nitrogens with zero attached hydrogens (tertiary/aromatic N) is 2.